The van der Waals surface area contributed by atoms with Gasteiger partial charge < -0.3 is 4.74 Å². The molecule has 3 aromatic rings. The second kappa shape index (κ2) is 9.09. The van der Waals surface area contributed by atoms with Gasteiger partial charge in [-0.05, 0) is 60.2 Å². The van der Waals surface area contributed by atoms with Crippen LogP contribution in [0.15, 0.2) is 65.8 Å². The molecule has 1 N–H and O–H groups in total. The van der Waals surface area contributed by atoms with Crippen molar-refractivity contribution in [1.29, 1.82) is 0 Å². The van der Waals surface area contributed by atoms with Gasteiger partial charge in [-0.2, -0.15) is 5.10 Å². The van der Waals surface area contributed by atoms with E-state index in [0.29, 0.717) is 26.4 Å². The van der Waals surface area contributed by atoms with Crippen LogP contribution in [0.2, 0.25) is 15.1 Å². The van der Waals surface area contributed by atoms with E-state index >= 15 is 0 Å². The minimum absolute atomic E-state index is 0.0534. The van der Waals surface area contributed by atoms with Crippen LogP contribution in [-0.2, 0) is 6.61 Å². The van der Waals surface area contributed by atoms with Gasteiger partial charge in [0.05, 0.1) is 27.0 Å². The van der Waals surface area contributed by atoms with Gasteiger partial charge in [-0.3, -0.25) is 5.43 Å². The van der Waals surface area contributed by atoms with Crippen LogP contribution in [0.1, 0.15) is 11.1 Å². The number of nitrogens with zero attached hydrogens (tertiary/aromatic N) is 1. The highest BCUT2D eigenvalue weighted by molar-refractivity contribution is 6.42. The number of hydrogen-bond donors (Lipinski definition) is 1. The van der Waals surface area contributed by atoms with Gasteiger partial charge in [0.25, 0.3) is 0 Å². The summed E-state index contributed by atoms with van der Waals surface area (Å²) in [5.41, 5.74) is 4.79. The maximum absolute atomic E-state index is 13.7. The summed E-state index contributed by atoms with van der Waals surface area (Å²) in [5.74, 6) is 0.212. The molecule has 0 unspecified atom stereocenters. The van der Waals surface area contributed by atoms with Gasteiger partial charge in [-0.25, -0.2) is 4.39 Å². The third-order valence-corrected chi connectivity index (χ3v) is 4.74. The lowest BCUT2D eigenvalue weighted by molar-refractivity contribution is 0.300. The van der Waals surface area contributed by atoms with Gasteiger partial charge in [0.1, 0.15) is 18.2 Å². The molecule has 138 valence electrons. The molecule has 7 heteroatoms. The SMILES string of the molecule is Fc1cccc(Cl)c1COc1ccc(C=NNc2ccc(Cl)c(Cl)c2)cc1. The van der Waals surface area contributed by atoms with Gasteiger partial charge in [0, 0.05) is 5.56 Å². The van der Waals surface area contributed by atoms with Crippen molar-refractivity contribution in [2.75, 3.05) is 5.43 Å². The van der Waals surface area contributed by atoms with Crippen LogP contribution in [-0.4, -0.2) is 6.21 Å². The molecule has 0 radical (unpaired) electrons. The lowest BCUT2D eigenvalue weighted by Crippen LogP contribution is -1.99. The highest BCUT2D eigenvalue weighted by Gasteiger charge is 2.07. The quantitative estimate of drug-likeness (QED) is 0.349. The van der Waals surface area contributed by atoms with Gasteiger partial charge in [-0.1, -0.05) is 40.9 Å². The summed E-state index contributed by atoms with van der Waals surface area (Å²) < 4.78 is 19.3. The first kappa shape index (κ1) is 19.5. The van der Waals surface area contributed by atoms with Gasteiger partial charge in [0.2, 0.25) is 0 Å². The van der Waals surface area contributed by atoms with E-state index in [9.17, 15) is 4.39 Å². The van der Waals surface area contributed by atoms with E-state index in [1.54, 1.807) is 48.7 Å². The Bertz CT molecular complexity index is 942. The second-order valence-corrected chi connectivity index (χ2v) is 6.78. The van der Waals surface area contributed by atoms with Crippen molar-refractivity contribution in [1.82, 2.24) is 0 Å². The maximum Gasteiger partial charge on any atom is 0.131 e. The van der Waals surface area contributed by atoms with E-state index in [4.69, 9.17) is 39.5 Å². The summed E-state index contributed by atoms with van der Waals surface area (Å²) in [7, 11) is 0. The fourth-order valence-electron chi connectivity index (χ4n) is 2.22. The summed E-state index contributed by atoms with van der Waals surface area (Å²) in [4.78, 5) is 0. The first-order valence-electron chi connectivity index (χ1n) is 7.93. The molecule has 0 saturated heterocycles. The highest BCUT2D eigenvalue weighted by atomic mass is 35.5. The molecule has 0 saturated carbocycles. The van der Waals surface area contributed by atoms with Crippen molar-refractivity contribution >= 4 is 46.7 Å². The minimum Gasteiger partial charge on any atom is -0.489 e. The fourth-order valence-corrected chi connectivity index (χ4v) is 2.74. The van der Waals surface area contributed by atoms with E-state index in [-0.39, 0.29) is 12.4 Å². The Labute approximate surface area is 171 Å². The van der Waals surface area contributed by atoms with Gasteiger partial charge >= 0.3 is 0 Å². The molecular formula is C20H14Cl3FN2O. The minimum atomic E-state index is -0.389. The number of halogens is 4. The number of rotatable bonds is 6. The van der Waals surface area contributed by atoms with E-state index in [1.165, 1.54) is 6.07 Å². The maximum atomic E-state index is 13.7. The Balaban J connectivity index is 1.57. The fraction of sp³-hybridized carbons (Fsp3) is 0.0500. The molecule has 0 bridgehead atoms. The van der Waals surface area contributed by atoms with Crippen molar-refractivity contribution in [2.24, 2.45) is 5.10 Å². The normalized spacial score (nSPS) is 11.0. The standard InChI is InChI=1S/C20H14Cl3FN2O/c21-17-2-1-3-20(24)16(17)12-27-15-7-4-13(5-8-15)11-25-26-14-6-9-18(22)19(23)10-14/h1-11,26H,12H2. The van der Waals surface area contributed by atoms with Crippen LogP contribution in [0.25, 0.3) is 0 Å². The first-order valence-corrected chi connectivity index (χ1v) is 9.06. The van der Waals surface area contributed by atoms with Crippen LogP contribution in [0.4, 0.5) is 10.1 Å². The average molecular weight is 424 g/mol. The zero-order chi connectivity index (χ0) is 19.2. The van der Waals surface area contributed by atoms with Crippen molar-refractivity contribution in [3.05, 3.63) is 92.7 Å². The molecule has 0 aliphatic carbocycles. The molecule has 0 fully saturated rings. The van der Waals surface area contributed by atoms with Crippen LogP contribution in [0.3, 0.4) is 0 Å². The number of hydrazone groups is 1. The van der Waals surface area contributed by atoms with Gasteiger partial charge in [0.15, 0.2) is 0 Å². The molecule has 3 rings (SSSR count). The van der Waals surface area contributed by atoms with E-state index in [0.717, 1.165) is 11.3 Å². The zero-order valence-corrected chi connectivity index (χ0v) is 16.2. The lowest BCUT2D eigenvalue weighted by atomic mass is 10.2. The first-order chi connectivity index (χ1) is 13.0. The molecule has 0 aliphatic heterocycles. The van der Waals surface area contributed by atoms with Gasteiger partial charge in [-0.15, -0.1) is 0 Å². The van der Waals surface area contributed by atoms with E-state index in [1.807, 2.05) is 12.1 Å². The number of anilines is 1. The van der Waals surface area contributed by atoms with Crippen LogP contribution in [0, 0.1) is 5.82 Å². The summed E-state index contributed by atoms with van der Waals surface area (Å²) in [5, 5.41) is 5.42. The van der Waals surface area contributed by atoms with Crippen molar-refractivity contribution < 1.29 is 9.13 Å². The summed E-state index contributed by atoms with van der Waals surface area (Å²) in [6, 6.07) is 16.9. The molecule has 0 aromatic heterocycles. The smallest absolute Gasteiger partial charge is 0.131 e. The van der Waals surface area contributed by atoms with E-state index in [2.05, 4.69) is 10.5 Å². The number of nitrogens with one attached hydrogen (secondary N) is 1. The molecule has 0 heterocycles. The summed E-state index contributed by atoms with van der Waals surface area (Å²) in [6.07, 6.45) is 1.65. The molecule has 3 nitrogen and oxygen atoms in total. The Kier molecular flexibility index (Phi) is 6.56. The highest BCUT2D eigenvalue weighted by Crippen LogP contribution is 2.25. The summed E-state index contributed by atoms with van der Waals surface area (Å²) in [6.45, 7) is 0.0534. The van der Waals surface area contributed by atoms with Crippen molar-refractivity contribution in [3.8, 4) is 5.75 Å². The average Bonchev–Trinajstić information content (AvgIpc) is 2.65. The second-order valence-electron chi connectivity index (χ2n) is 5.56. The molecule has 27 heavy (non-hydrogen) atoms. The predicted octanol–water partition coefficient (Wildman–Crippen LogP) is 6.81. The molecule has 0 spiro atoms. The Morgan fingerprint density at radius 1 is 0.926 bits per heavy atom. The van der Waals surface area contributed by atoms with Crippen LogP contribution >= 0.6 is 34.8 Å². The van der Waals surface area contributed by atoms with Crippen LogP contribution in [0.5, 0.6) is 5.75 Å². The van der Waals surface area contributed by atoms with Crippen molar-refractivity contribution in [3.63, 3.8) is 0 Å². The molecule has 0 atom stereocenters. The lowest BCUT2D eigenvalue weighted by Gasteiger charge is -2.09. The Morgan fingerprint density at radius 2 is 1.70 bits per heavy atom. The predicted molar refractivity (Wildman–Crippen MR) is 110 cm³/mol. The van der Waals surface area contributed by atoms with E-state index < -0.39 is 0 Å². The Morgan fingerprint density at radius 3 is 2.41 bits per heavy atom. The molecule has 0 amide bonds. The number of ether oxygens (including phenoxy) is 1. The third kappa shape index (κ3) is 5.36. The Hall–Kier alpha value is -2.27. The third-order valence-electron chi connectivity index (χ3n) is 3.65. The monoisotopic (exact) mass is 422 g/mol. The van der Waals surface area contributed by atoms with Crippen LogP contribution < -0.4 is 10.2 Å². The molecule has 0 aliphatic rings. The van der Waals surface area contributed by atoms with Crippen molar-refractivity contribution in [2.45, 2.75) is 6.61 Å². The number of hydrogen-bond acceptors (Lipinski definition) is 3. The summed E-state index contributed by atoms with van der Waals surface area (Å²) >= 11 is 17.8. The molecular weight excluding hydrogens is 410 g/mol. The number of benzene rings is 3. The zero-order valence-electron chi connectivity index (χ0n) is 13.9. The molecule has 3 aromatic carbocycles. The largest absolute Gasteiger partial charge is 0.489 e. The topological polar surface area (TPSA) is 33.6 Å².